The van der Waals surface area contributed by atoms with Gasteiger partial charge < -0.3 is 4.74 Å². The third kappa shape index (κ3) is 2.07. The van der Waals surface area contributed by atoms with Crippen LogP contribution in [0.3, 0.4) is 0 Å². The van der Waals surface area contributed by atoms with Crippen molar-refractivity contribution in [2.24, 2.45) is 5.92 Å². The average Bonchev–Trinajstić information content (AvgIpc) is 2.74. The minimum Gasteiger partial charge on any atom is -0.381 e. The van der Waals surface area contributed by atoms with Crippen LogP contribution in [0.15, 0.2) is 18.2 Å². The Morgan fingerprint density at radius 1 is 1.53 bits per heavy atom. The highest BCUT2D eigenvalue weighted by molar-refractivity contribution is 5.98. The van der Waals surface area contributed by atoms with E-state index >= 15 is 0 Å². The van der Waals surface area contributed by atoms with Crippen LogP contribution in [0.5, 0.6) is 0 Å². The molecule has 2 rings (SSSR count). The molecule has 0 aliphatic carbocycles. The van der Waals surface area contributed by atoms with E-state index in [1.165, 1.54) is 6.07 Å². The molecule has 1 heterocycles. The Hall–Kier alpha value is -1.22. The van der Waals surface area contributed by atoms with E-state index in [0.29, 0.717) is 24.3 Å². The molecule has 80 valence electrons. The number of carbonyl (C=O) groups excluding carboxylic acids is 1. The van der Waals surface area contributed by atoms with Crippen molar-refractivity contribution in [3.8, 4) is 0 Å². The first-order chi connectivity index (χ1) is 7.18. The minimum atomic E-state index is -0.320. The van der Waals surface area contributed by atoms with E-state index in [4.69, 9.17) is 4.74 Å². The highest BCUT2D eigenvalue weighted by atomic mass is 19.1. The van der Waals surface area contributed by atoms with Gasteiger partial charge in [0.1, 0.15) is 5.82 Å². The number of benzene rings is 1. The second kappa shape index (κ2) is 4.11. The third-order valence-corrected chi connectivity index (χ3v) is 2.76. The molecule has 0 bridgehead atoms. The first-order valence-corrected chi connectivity index (χ1v) is 5.06. The van der Waals surface area contributed by atoms with Crippen molar-refractivity contribution in [3.63, 3.8) is 0 Å². The topological polar surface area (TPSA) is 26.3 Å². The minimum absolute atomic E-state index is 0.00796. The summed E-state index contributed by atoms with van der Waals surface area (Å²) in [6.07, 6.45) is 0.744. The number of Topliss-reactive ketones (excluding diaryl/α,β-unsaturated/α-hetero) is 1. The zero-order valence-electron chi connectivity index (χ0n) is 8.63. The highest BCUT2D eigenvalue weighted by Crippen LogP contribution is 2.19. The molecule has 0 spiro atoms. The fourth-order valence-corrected chi connectivity index (χ4v) is 1.72. The summed E-state index contributed by atoms with van der Waals surface area (Å²) >= 11 is 0. The maximum absolute atomic E-state index is 13.2. The molecule has 0 amide bonds. The Kier molecular flexibility index (Phi) is 2.82. The maximum atomic E-state index is 13.2. The van der Waals surface area contributed by atoms with Crippen LogP contribution >= 0.6 is 0 Å². The van der Waals surface area contributed by atoms with Gasteiger partial charge in [-0.15, -0.1) is 0 Å². The normalized spacial score (nSPS) is 20.5. The fraction of sp³-hybridized carbons (Fsp3) is 0.417. The standard InChI is InChI=1S/C12H13FO2/c1-8-2-3-9(6-11(8)13)12(14)10-4-5-15-7-10/h2-3,6,10H,4-5,7H2,1H3. The number of ether oxygens (including phenoxy) is 1. The lowest BCUT2D eigenvalue weighted by Crippen LogP contribution is -2.14. The Bertz CT molecular complexity index is 381. The molecular formula is C12H13FO2. The first kappa shape index (κ1) is 10.3. The molecular weight excluding hydrogens is 195 g/mol. The zero-order valence-corrected chi connectivity index (χ0v) is 8.63. The van der Waals surface area contributed by atoms with Crippen LogP contribution in [-0.4, -0.2) is 19.0 Å². The van der Waals surface area contributed by atoms with Gasteiger partial charge in [-0.25, -0.2) is 4.39 Å². The predicted octanol–water partition coefficient (Wildman–Crippen LogP) is 2.35. The van der Waals surface area contributed by atoms with E-state index in [-0.39, 0.29) is 17.5 Å². The first-order valence-electron chi connectivity index (χ1n) is 5.06. The number of ketones is 1. The smallest absolute Gasteiger partial charge is 0.168 e. The lowest BCUT2D eigenvalue weighted by molar-refractivity contribution is 0.0900. The number of aryl methyl sites for hydroxylation is 1. The van der Waals surface area contributed by atoms with E-state index in [0.717, 1.165) is 6.42 Å². The molecule has 1 aromatic rings. The van der Waals surface area contributed by atoms with E-state index < -0.39 is 0 Å². The number of rotatable bonds is 2. The second-order valence-electron chi connectivity index (χ2n) is 3.89. The van der Waals surface area contributed by atoms with Gasteiger partial charge >= 0.3 is 0 Å². The summed E-state index contributed by atoms with van der Waals surface area (Å²) in [7, 11) is 0. The summed E-state index contributed by atoms with van der Waals surface area (Å²) in [5.41, 5.74) is 1.02. The molecule has 1 aliphatic heterocycles. The van der Waals surface area contributed by atoms with Crippen LogP contribution in [0, 0.1) is 18.7 Å². The largest absolute Gasteiger partial charge is 0.381 e. The monoisotopic (exact) mass is 208 g/mol. The number of hydrogen-bond donors (Lipinski definition) is 0. The van der Waals surface area contributed by atoms with E-state index in [2.05, 4.69) is 0 Å². The predicted molar refractivity (Wildman–Crippen MR) is 54.4 cm³/mol. The van der Waals surface area contributed by atoms with Crippen LogP contribution < -0.4 is 0 Å². The van der Waals surface area contributed by atoms with Gasteiger partial charge in [-0.3, -0.25) is 4.79 Å². The van der Waals surface area contributed by atoms with Crippen molar-refractivity contribution in [1.29, 1.82) is 0 Å². The van der Waals surface area contributed by atoms with Crippen LogP contribution in [0.2, 0.25) is 0 Å². The fourth-order valence-electron chi connectivity index (χ4n) is 1.72. The van der Waals surface area contributed by atoms with Crippen molar-refractivity contribution in [2.45, 2.75) is 13.3 Å². The quantitative estimate of drug-likeness (QED) is 0.697. The molecule has 1 unspecified atom stereocenters. The van der Waals surface area contributed by atoms with E-state index in [1.807, 2.05) is 0 Å². The molecule has 1 atom stereocenters. The van der Waals surface area contributed by atoms with Gasteiger partial charge in [-0.05, 0) is 25.0 Å². The molecule has 1 aromatic carbocycles. The number of halogens is 1. The SMILES string of the molecule is Cc1ccc(C(=O)C2CCOC2)cc1F. The molecule has 1 saturated heterocycles. The van der Waals surface area contributed by atoms with E-state index in [9.17, 15) is 9.18 Å². The van der Waals surface area contributed by atoms with Crippen LogP contribution in [0.4, 0.5) is 4.39 Å². The molecule has 1 aliphatic rings. The summed E-state index contributed by atoms with van der Waals surface area (Å²) in [5, 5.41) is 0. The van der Waals surface area contributed by atoms with Gasteiger partial charge in [0.15, 0.2) is 5.78 Å². The van der Waals surface area contributed by atoms with Crippen molar-refractivity contribution < 1.29 is 13.9 Å². The third-order valence-electron chi connectivity index (χ3n) is 2.76. The summed E-state index contributed by atoms with van der Waals surface area (Å²) in [5.74, 6) is -0.418. The Balaban J connectivity index is 2.21. The maximum Gasteiger partial charge on any atom is 0.168 e. The van der Waals surface area contributed by atoms with Crippen LogP contribution in [0.25, 0.3) is 0 Å². The lowest BCUT2D eigenvalue weighted by atomic mass is 9.96. The van der Waals surface area contributed by atoms with Gasteiger partial charge in [-0.1, -0.05) is 12.1 Å². The summed E-state index contributed by atoms with van der Waals surface area (Å²) in [4.78, 5) is 11.9. The van der Waals surface area contributed by atoms with Gasteiger partial charge in [-0.2, -0.15) is 0 Å². The number of hydrogen-bond acceptors (Lipinski definition) is 2. The lowest BCUT2D eigenvalue weighted by Gasteiger charge is -2.07. The van der Waals surface area contributed by atoms with Crippen LogP contribution in [-0.2, 0) is 4.74 Å². The van der Waals surface area contributed by atoms with Crippen molar-refractivity contribution in [1.82, 2.24) is 0 Å². The van der Waals surface area contributed by atoms with E-state index in [1.54, 1.807) is 19.1 Å². The average molecular weight is 208 g/mol. The summed E-state index contributed by atoms with van der Waals surface area (Å²) < 4.78 is 18.4. The van der Waals surface area contributed by atoms with Gasteiger partial charge in [0.05, 0.1) is 6.61 Å². The van der Waals surface area contributed by atoms with Gasteiger partial charge in [0.25, 0.3) is 0 Å². The van der Waals surface area contributed by atoms with Crippen molar-refractivity contribution in [2.75, 3.05) is 13.2 Å². The molecule has 2 nitrogen and oxygen atoms in total. The summed E-state index contributed by atoms with van der Waals surface area (Å²) in [6.45, 7) is 2.78. The summed E-state index contributed by atoms with van der Waals surface area (Å²) in [6, 6.07) is 4.63. The molecule has 0 saturated carbocycles. The highest BCUT2D eigenvalue weighted by Gasteiger charge is 2.24. The van der Waals surface area contributed by atoms with Gasteiger partial charge in [0.2, 0.25) is 0 Å². The molecule has 0 aromatic heterocycles. The molecule has 15 heavy (non-hydrogen) atoms. The second-order valence-corrected chi connectivity index (χ2v) is 3.89. The molecule has 1 fully saturated rings. The van der Waals surface area contributed by atoms with Gasteiger partial charge in [0, 0.05) is 18.1 Å². The Morgan fingerprint density at radius 3 is 2.93 bits per heavy atom. The van der Waals surface area contributed by atoms with Crippen molar-refractivity contribution >= 4 is 5.78 Å². The van der Waals surface area contributed by atoms with Crippen LogP contribution in [0.1, 0.15) is 22.3 Å². The Labute approximate surface area is 88.1 Å². The molecule has 0 radical (unpaired) electrons. The number of carbonyl (C=O) groups is 1. The molecule has 3 heteroatoms. The van der Waals surface area contributed by atoms with Crippen molar-refractivity contribution in [3.05, 3.63) is 35.1 Å². The Morgan fingerprint density at radius 2 is 2.33 bits per heavy atom. The molecule has 0 N–H and O–H groups in total. The zero-order chi connectivity index (χ0) is 10.8.